The molecule has 0 amide bonds. The van der Waals surface area contributed by atoms with Crippen molar-refractivity contribution in [3.05, 3.63) is 87.1 Å². The molecule has 0 unspecified atom stereocenters. The van der Waals surface area contributed by atoms with Gasteiger partial charge < -0.3 is 9.84 Å². The third-order valence-corrected chi connectivity index (χ3v) is 5.09. The van der Waals surface area contributed by atoms with Crippen molar-refractivity contribution in [3.8, 4) is 11.1 Å². The molecule has 9 heteroatoms. The number of nitrogens with one attached hydrogen (secondary N) is 1. The van der Waals surface area contributed by atoms with E-state index in [9.17, 15) is 14.4 Å². The fourth-order valence-corrected chi connectivity index (χ4v) is 3.67. The van der Waals surface area contributed by atoms with E-state index in [4.69, 9.17) is 21.4 Å². The van der Waals surface area contributed by atoms with Gasteiger partial charge in [0.2, 0.25) is 0 Å². The van der Waals surface area contributed by atoms with E-state index >= 15 is 0 Å². The highest BCUT2D eigenvalue weighted by atomic mass is 35.5. The maximum Gasteiger partial charge on any atom is 0.356 e. The summed E-state index contributed by atoms with van der Waals surface area (Å²) in [5.41, 5.74) is 0.913. The van der Waals surface area contributed by atoms with Gasteiger partial charge in [0.15, 0.2) is 5.69 Å². The van der Waals surface area contributed by atoms with Crippen molar-refractivity contribution in [2.75, 3.05) is 7.11 Å². The molecule has 4 rings (SSSR count). The van der Waals surface area contributed by atoms with E-state index in [1.165, 1.54) is 17.7 Å². The van der Waals surface area contributed by atoms with Crippen molar-refractivity contribution in [1.29, 1.82) is 0 Å². The number of methoxy groups -OCH3 is 1. The van der Waals surface area contributed by atoms with Gasteiger partial charge in [0.05, 0.1) is 19.3 Å². The summed E-state index contributed by atoms with van der Waals surface area (Å²) in [5, 5.41) is 16.7. The number of carboxylic acids is 1. The van der Waals surface area contributed by atoms with E-state index < -0.39 is 17.5 Å². The van der Waals surface area contributed by atoms with E-state index in [1.54, 1.807) is 18.2 Å². The number of fused-ring (bicyclic) bond motifs is 1. The number of benzene rings is 2. The normalized spacial score (nSPS) is 10.9. The molecular weight excluding hydrogens is 422 g/mol. The molecule has 0 fully saturated rings. The lowest BCUT2D eigenvalue weighted by atomic mass is 9.96. The highest BCUT2D eigenvalue weighted by Gasteiger charge is 2.25. The smallest absolute Gasteiger partial charge is 0.356 e. The zero-order valence-corrected chi connectivity index (χ0v) is 17.0. The lowest BCUT2D eigenvalue weighted by Crippen LogP contribution is -2.28. The van der Waals surface area contributed by atoms with Gasteiger partial charge in [-0.05, 0) is 35.2 Å². The number of carbonyl (C=O) groups is 2. The molecule has 0 saturated carbocycles. The molecule has 0 aliphatic heterocycles. The van der Waals surface area contributed by atoms with Gasteiger partial charge in [0.1, 0.15) is 5.69 Å². The number of aromatic carboxylic acids is 1. The number of carbonyl (C=O) groups excluding carboxylic acids is 1. The molecule has 0 radical (unpaired) electrons. The number of ether oxygens (including phenoxy) is 1. The van der Waals surface area contributed by atoms with Crippen LogP contribution >= 0.6 is 11.6 Å². The number of hydrogen-bond acceptors (Lipinski definition) is 5. The zero-order chi connectivity index (χ0) is 22.1. The number of rotatable bonds is 5. The first-order valence-electron chi connectivity index (χ1n) is 9.18. The first-order valence-corrected chi connectivity index (χ1v) is 9.56. The summed E-state index contributed by atoms with van der Waals surface area (Å²) in [7, 11) is 1.23. The molecule has 2 aromatic heterocycles. The minimum atomic E-state index is -1.21. The van der Waals surface area contributed by atoms with Crippen molar-refractivity contribution in [2.24, 2.45) is 0 Å². The van der Waals surface area contributed by atoms with E-state index in [1.807, 2.05) is 30.3 Å². The van der Waals surface area contributed by atoms with Gasteiger partial charge in [-0.2, -0.15) is 5.10 Å². The monoisotopic (exact) mass is 437 g/mol. The summed E-state index contributed by atoms with van der Waals surface area (Å²) in [6.45, 7) is -0.109. The summed E-state index contributed by atoms with van der Waals surface area (Å²) in [6, 6.07) is 15.2. The molecule has 31 heavy (non-hydrogen) atoms. The maximum atomic E-state index is 13.4. The Bertz CT molecular complexity index is 1380. The Morgan fingerprint density at radius 3 is 2.52 bits per heavy atom. The van der Waals surface area contributed by atoms with Gasteiger partial charge in [-0.25, -0.2) is 9.59 Å². The second kappa shape index (κ2) is 8.08. The predicted octanol–water partition coefficient (Wildman–Crippen LogP) is 3.58. The number of H-pyrrole nitrogens is 1. The van der Waals surface area contributed by atoms with E-state index in [0.717, 1.165) is 0 Å². The summed E-state index contributed by atoms with van der Waals surface area (Å²) in [6.07, 6.45) is 0. The molecule has 0 atom stereocenters. The molecule has 2 N–H and O–H groups in total. The van der Waals surface area contributed by atoms with E-state index in [2.05, 4.69) is 10.2 Å². The van der Waals surface area contributed by atoms with Crippen molar-refractivity contribution in [2.45, 2.75) is 6.54 Å². The zero-order valence-electron chi connectivity index (χ0n) is 16.3. The number of aromatic amines is 1. The van der Waals surface area contributed by atoms with Crippen LogP contribution < -0.4 is 5.56 Å². The Morgan fingerprint density at radius 1 is 1.13 bits per heavy atom. The fraction of sp³-hybridized carbons (Fsp3) is 0.0909. The fourth-order valence-electron chi connectivity index (χ4n) is 3.50. The first-order chi connectivity index (χ1) is 14.9. The number of aromatic nitrogens is 3. The molecule has 2 heterocycles. The number of pyridine rings is 1. The van der Waals surface area contributed by atoms with Crippen LogP contribution in [0.25, 0.3) is 21.9 Å². The summed E-state index contributed by atoms with van der Waals surface area (Å²) in [4.78, 5) is 37.4. The average molecular weight is 438 g/mol. The molecule has 0 spiro atoms. The van der Waals surface area contributed by atoms with Crippen molar-refractivity contribution >= 4 is 34.3 Å². The lowest BCUT2D eigenvalue weighted by molar-refractivity contribution is 0.0587. The van der Waals surface area contributed by atoms with Crippen LogP contribution in [-0.2, 0) is 11.3 Å². The maximum absolute atomic E-state index is 13.4. The Labute approximate surface area is 180 Å². The molecule has 156 valence electrons. The second-order valence-corrected chi connectivity index (χ2v) is 7.18. The van der Waals surface area contributed by atoms with Crippen LogP contribution in [0.5, 0.6) is 0 Å². The SMILES string of the molecule is COC(=O)c1c(-c2ccccc2)c2cc(Cl)ccc2c(=O)n1Cc1cc(C(=O)O)n[nH]1. The van der Waals surface area contributed by atoms with Crippen LogP contribution in [0.2, 0.25) is 5.02 Å². The second-order valence-electron chi connectivity index (χ2n) is 6.75. The molecular formula is C22H16ClN3O5. The summed E-state index contributed by atoms with van der Waals surface area (Å²) in [5.74, 6) is -1.92. The largest absolute Gasteiger partial charge is 0.476 e. The highest BCUT2D eigenvalue weighted by Crippen LogP contribution is 2.33. The third-order valence-electron chi connectivity index (χ3n) is 4.85. The minimum Gasteiger partial charge on any atom is -0.476 e. The van der Waals surface area contributed by atoms with E-state index in [0.29, 0.717) is 32.6 Å². The number of halogens is 1. The Kier molecular flexibility index (Phi) is 5.31. The minimum absolute atomic E-state index is 0.0277. The lowest BCUT2D eigenvalue weighted by Gasteiger charge is -2.18. The van der Waals surface area contributed by atoms with Gasteiger partial charge in [-0.15, -0.1) is 0 Å². The molecule has 0 aliphatic carbocycles. The van der Waals surface area contributed by atoms with Crippen molar-refractivity contribution in [3.63, 3.8) is 0 Å². The standard InChI is InChI=1S/C22H16ClN3O5/c1-31-22(30)19-18(12-5-3-2-4-6-12)16-9-13(23)7-8-15(16)20(27)26(19)11-14-10-17(21(28)29)25-24-14/h2-10H,11H2,1H3,(H,24,25)(H,28,29). The molecule has 0 bridgehead atoms. The topological polar surface area (TPSA) is 114 Å². The predicted molar refractivity (Wildman–Crippen MR) is 115 cm³/mol. The molecule has 0 aliphatic rings. The van der Waals surface area contributed by atoms with Crippen LogP contribution in [-0.4, -0.2) is 38.9 Å². The quantitative estimate of drug-likeness (QED) is 0.461. The van der Waals surface area contributed by atoms with Crippen molar-refractivity contribution < 1.29 is 19.4 Å². The van der Waals surface area contributed by atoms with Crippen LogP contribution in [0.4, 0.5) is 0 Å². The van der Waals surface area contributed by atoms with Crippen LogP contribution in [0.15, 0.2) is 59.4 Å². The summed E-state index contributed by atoms with van der Waals surface area (Å²) >= 11 is 6.20. The number of nitrogens with zero attached hydrogens (tertiary/aromatic N) is 2. The van der Waals surface area contributed by atoms with Crippen LogP contribution in [0.3, 0.4) is 0 Å². The number of hydrogen-bond donors (Lipinski definition) is 2. The van der Waals surface area contributed by atoms with Gasteiger partial charge in [0.25, 0.3) is 5.56 Å². The Balaban J connectivity index is 2.08. The first kappa shape index (κ1) is 20.4. The molecule has 4 aromatic rings. The van der Waals surface area contributed by atoms with Crippen LogP contribution in [0, 0.1) is 0 Å². The highest BCUT2D eigenvalue weighted by molar-refractivity contribution is 6.31. The molecule has 2 aromatic carbocycles. The molecule has 8 nitrogen and oxygen atoms in total. The third kappa shape index (κ3) is 3.69. The molecule has 0 saturated heterocycles. The van der Waals surface area contributed by atoms with Gasteiger partial charge in [-0.1, -0.05) is 41.9 Å². The van der Waals surface area contributed by atoms with Crippen LogP contribution in [0.1, 0.15) is 26.7 Å². The van der Waals surface area contributed by atoms with E-state index in [-0.39, 0.29) is 17.9 Å². The van der Waals surface area contributed by atoms with Gasteiger partial charge in [0, 0.05) is 16.0 Å². The number of esters is 1. The Morgan fingerprint density at radius 2 is 1.87 bits per heavy atom. The van der Waals surface area contributed by atoms with Gasteiger partial charge in [-0.3, -0.25) is 14.5 Å². The van der Waals surface area contributed by atoms with Crippen molar-refractivity contribution in [1.82, 2.24) is 14.8 Å². The Hall–Kier alpha value is -3.91. The number of carboxylic acid groups (broad SMARTS) is 1. The average Bonchev–Trinajstić information content (AvgIpc) is 3.24. The van der Waals surface area contributed by atoms with Gasteiger partial charge >= 0.3 is 11.9 Å². The summed E-state index contributed by atoms with van der Waals surface area (Å²) < 4.78 is 6.26.